The highest BCUT2D eigenvalue weighted by atomic mass is 19.1. The average Bonchev–Trinajstić information content (AvgIpc) is 2.78. The molecule has 2 unspecified atom stereocenters. The first kappa shape index (κ1) is 17.9. The molecular weight excluding hydrogens is 305 g/mol. The largest absolute Gasteiger partial charge is 0.444 e. The summed E-state index contributed by atoms with van der Waals surface area (Å²) in [5.74, 6) is -0.359. The van der Waals surface area contributed by atoms with Crippen molar-refractivity contribution < 1.29 is 23.5 Å². The van der Waals surface area contributed by atoms with E-state index in [9.17, 15) is 14.0 Å². The van der Waals surface area contributed by atoms with Gasteiger partial charge in [-0.3, -0.25) is 4.79 Å². The van der Waals surface area contributed by atoms with Crippen LogP contribution in [0.3, 0.4) is 0 Å². The predicted octanol–water partition coefficient (Wildman–Crippen LogP) is 0.437. The van der Waals surface area contributed by atoms with Gasteiger partial charge in [0, 0.05) is 19.6 Å². The Morgan fingerprint density at radius 3 is 2.61 bits per heavy atom. The van der Waals surface area contributed by atoms with Crippen LogP contribution in [0.2, 0.25) is 0 Å². The molecule has 0 aromatic heterocycles. The number of carbonyl (C=O) groups excluding carboxylic acids is 2. The van der Waals surface area contributed by atoms with Crippen LogP contribution in [0.1, 0.15) is 27.7 Å². The van der Waals surface area contributed by atoms with Crippen molar-refractivity contribution in [2.45, 2.75) is 57.7 Å². The fraction of sp³-hybridized carbons (Fsp3) is 0.867. The van der Waals surface area contributed by atoms with Gasteiger partial charge in [0.2, 0.25) is 0 Å². The Kier molecular flexibility index (Phi) is 5.46. The Labute approximate surface area is 135 Å². The average molecular weight is 331 g/mol. The lowest BCUT2D eigenvalue weighted by Gasteiger charge is -2.29. The summed E-state index contributed by atoms with van der Waals surface area (Å²) in [4.78, 5) is 25.4. The predicted molar refractivity (Wildman–Crippen MR) is 81.8 cm³/mol. The first-order valence-electron chi connectivity index (χ1n) is 7.94. The summed E-state index contributed by atoms with van der Waals surface area (Å²) in [5.41, 5.74) is -0.637. The van der Waals surface area contributed by atoms with E-state index in [-0.39, 0.29) is 25.1 Å². The van der Waals surface area contributed by atoms with Crippen LogP contribution >= 0.6 is 0 Å². The molecule has 2 fully saturated rings. The third kappa shape index (κ3) is 5.04. The molecule has 23 heavy (non-hydrogen) atoms. The first-order valence-corrected chi connectivity index (χ1v) is 7.94. The number of rotatable bonds is 2. The van der Waals surface area contributed by atoms with Gasteiger partial charge in [0.15, 0.2) is 0 Å². The molecule has 0 aliphatic carbocycles. The zero-order valence-electron chi connectivity index (χ0n) is 14.1. The lowest BCUT2D eigenvalue weighted by Crippen LogP contribution is -2.54. The lowest BCUT2D eigenvalue weighted by molar-refractivity contribution is -0.139. The molecule has 2 rings (SSSR count). The maximum Gasteiger partial charge on any atom is 0.410 e. The molecule has 2 N–H and O–H groups in total. The summed E-state index contributed by atoms with van der Waals surface area (Å²) >= 11 is 0. The monoisotopic (exact) mass is 331 g/mol. The van der Waals surface area contributed by atoms with E-state index in [4.69, 9.17) is 9.47 Å². The van der Waals surface area contributed by atoms with Crippen molar-refractivity contribution >= 4 is 12.0 Å². The number of hydrogen-bond acceptors (Lipinski definition) is 5. The van der Waals surface area contributed by atoms with E-state index in [1.807, 2.05) is 6.92 Å². The normalized spacial score (nSPS) is 31.8. The Hall–Kier alpha value is -1.41. The number of ether oxygens (including phenoxy) is 2. The lowest BCUT2D eigenvalue weighted by atomic mass is 10.2. The summed E-state index contributed by atoms with van der Waals surface area (Å²) in [6, 6.07) is -0.740. The van der Waals surface area contributed by atoms with Crippen LogP contribution in [0.15, 0.2) is 0 Å². The molecule has 2 aliphatic heterocycles. The molecule has 8 heteroatoms. The van der Waals surface area contributed by atoms with Crippen LogP contribution in [-0.4, -0.2) is 73.1 Å². The van der Waals surface area contributed by atoms with E-state index in [0.29, 0.717) is 13.1 Å². The van der Waals surface area contributed by atoms with Crippen LogP contribution in [0.4, 0.5) is 9.18 Å². The number of amides is 2. The van der Waals surface area contributed by atoms with Crippen LogP contribution < -0.4 is 10.6 Å². The molecule has 2 aliphatic rings. The van der Waals surface area contributed by atoms with Crippen molar-refractivity contribution in [1.82, 2.24) is 15.5 Å². The molecule has 0 saturated carbocycles. The standard InChI is InChI=1S/C15H26FN3O4/c1-9-5-17-6-12(22-9)13(20)18-11-8-19(7-10(11)16)14(21)23-15(2,3)4/h9-12,17H,5-8H2,1-4H3,(H,18,20)/t9-,10?,11?,12-/m1/s1. The van der Waals surface area contributed by atoms with Crippen molar-refractivity contribution in [1.29, 1.82) is 0 Å². The van der Waals surface area contributed by atoms with Crippen molar-refractivity contribution in [2.75, 3.05) is 26.2 Å². The highest BCUT2D eigenvalue weighted by Gasteiger charge is 2.39. The second kappa shape index (κ2) is 7.00. The SMILES string of the molecule is C[C@@H]1CNC[C@H](C(=O)NC2CN(C(=O)OC(C)(C)C)CC2F)O1. The Morgan fingerprint density at radius 1 is 1.30 bits per heavy atom. The number of nitrogens with zero attached hydrogens (tertiary/aromatic N) is 1. The van der Waals surface area contributed by atoms with Gasteiger partial charge >= 0.3 is 6.09 Å². The van der Waals surface area contributed by atoms with Crippen molar-refractivity contribution in [3.8, 4) is 0 Å². The van der Waals surface area contributed by atoms with Crippen LogP contribution in [-0.2, 0) is 14.3 Å². The molecule has 0 bridgehead atoms. The maximum absolute atomic E-state index is 14.1. The van der Waals surface area contributed by atoms with Gasteiger partial charge in [0.25, 0.3) is 5.91 Å². The molecule has 0 aromatic carbocycles. The number of nitrogens with one attached hydrogen (secondary N) is 2. The fourth-order valence-electron chi connectivity index (χ4n) is 2.60. The minimum absolute atomic E-state index is 0.0671. The number of morpholine rings is 1. The third-order valence-corrected chi connectivity index (χ3v) is 3.68. The minimum Gasteiger partial charge on any atom is -0.444 e. The third-order valence-electron chi connectivity index (χ3n) is 3.68. The van der Waals surface area contributed by atoms with E-state index in [1.165, 1.54) is 4.90 Å². The van der Waals surface area contributed by atoms with Crippen molar-refractivity contribution in [2.24, 2.45) is 0 Å². The second-order valence-corrected chi connectivity index (χ2v) is 7.11. The number of alkyl halides is 1. The molecule has 0 aromatic rings. The summed E-state index contributed by atoms with van der Waals surface area (Å²) in [6.07, 6.45) is -2.59. The molecule has 132 valence electrons. The first-order chi connectivity index (χ1) is 10.7. The van der Waals surface area contributed by atoms with E-state index in [1.54, 1.807) is 20.8 Å². The Bertz CT molecular complexity index is 454. The summed E-state index contributed by atoms with van der Waals surface area (Å²) in [5, 5.41) is 5.73. The van der Waals surface area contributed by atoms with Gasteiger partial charge in [0.1, 0.15) is 17.9 Å². The molecular formula is C15H26FN3O4. The number of hydrogen-bond donors (Lipinski definition) is 2. The number of halogens is 1. The summed E-state index contributed by atoms with van der Waals surface area (Å²) in [7, 11) is 0. The Morgan fingerprint density at radius 2 is 2.00 bits per heavy atom. The van der Waals surface area contributed by atoms with Crippen LogP contribution in [0.25, 0.3) is 0 Å². The molecule has 4 atom stereocenters. The van der Waals surface area contributed by atoms with Crippen LogP contribution in [0.5, 0.6) is 0 Å². The summed E-state index contributed by atoms with van der Waals surface area (Å²) in [6.45, 7) is 8.22. The molecule has 2 heterocycles. The van der Waals surface area contributed by atoms with E-state index < -0.39 is 30.0 Å². The fourth-order valence-corrected chi connectivity index (χ4v) is 2.60. The van der Waals surface area contributed by atoms with Gasteiger partial charge in [-0.25, -0.2) is 9.18 Å². The number of likely N-dealkylation sites (tertiary alicyclic amines) is 1. The maximum atomic E-state index is 14.1. The van der Waals surface area contributed by atoms with Crippen LogP contribution in [0, 0.1) is 0 Å². The van der Waals surface area contributed by atoms with Gasteiger partial charge in [0.05, 0.1) is 18.7 Å². The van der Waals surface area contributed by atoms with Gasteiger partial charge in [-0.05, 0) is 27.7 Å². The van der Waals surface area contributed by atoms with Gasteiger partial charge in [-0.1, -0.05) is 0 Å². The van der Waals surface area contributed by atoms with E-state index in [0.717, 1.165) is 0 Å². The zero-order valence-corrected chi connectivity index (χ0v) is 14.1. The van der Waals surface area contributed by atoms with Crippen molar-refractivity contribution in [3.63, 3.8) is 0 Å². The van der Waals surface area contributed by atoms with Gasteiger partial charge < -0.3 is 25.0 Å². The molecule has 0 spiro atoms. The number of carbonyl (C=O) groups is 2. The zero-order chi connectivity index (χ0) is 17.2. The van der Waals surface area contributed by atoms with E-state index >= 15 is 0 Å². The highest BCUT2D eigenvalue weighted by Crippen LogP contribution is 2.18. The van der Waals surface area contributed by atoms with Gasteiger partial charge in [-0.2, -0.15) is 0 Å². The molecule has 2 saturated heterocycles. The van der Waals surface area contributed by atoms with E-state index in [2.05, 4.69) is 10.6 Å². The second-order valence-electron chi connectivity index (χ2n) is 7.11. The molecule has 7 nitrogen and oxygen atoms in total. The smallest absolute Gasteiger partial charge is 0.410 e. The quantitative estimate of drug-likeness (QED) is 0.767. The Balaban J connectivity index is 1.86. The summed E-state index contributed by atoms with van der Waals surface area (Å²) < 4.78 is 24.9. The minimum atomic E-state index is -1.32. The topological polar surface area (TPSA) is 79.9 Å². The molecule has 0 radical (unpaired) electrons. The highest BCUT2D eigenvalue weighted by molar-refractivity contribution is 5.81. The van der Waals surface area contributed by atoms with Crippen molar-refractivity contribution in [3.05, 3.63) is 0 Å². The molecule has 2 amide bonds. The van der Waals surface area contributed by atoms with Gasteiger partial charge in [-0.15, -0.1) is 0 Å².